The number of hydrogen-bond acceptors (Lipinski definition) is 6. The van der Waals surface area contributed by atoms with Gasteiger partial charge in [-0.15, -0.1) is 0 Å². The summed E-state index contributed by atoms with van der Waals surface area (Å²) in [6.07, 6.45) is -3.75. The number of nitro benzene ring substituents is 2. The molecular weight excluding hydrogens is 373 g/mol. The molecule has 1 fully saturated rings. The second kappa shape index (κ2) is 7.76. The Hall–Kier alpha value is -2.92. The molecule has 1 aromatic carbocycles. The second-order valence-electron chi connectivity index (χ2n) is 6.27. The van der Waals surface area contributed by atoms with Crippen molar-refractivity contribution in [1.29, 1.82) is 0 Å². The number of nitrogens with zero attached hydrogens (tertiary/aromatic N) is 3. The second-order valence-corrected chi connectivity index (χ2v) is 6.27. The SMILES string of the molecule is CC(=O)NCC1CCCN(c2c([N+](=O)[O-])cc(C(F)(F)F)cc2[N+](=O)[O-])C1. The van der Waals surface area contributed by atoms with E-state index in [0.717, 1.165) is 0 Å². The Bertz CT molecular complexity index is 733. The van der Waals surface area contributed by atoms with Crippen LogP contribution in [0.25, 0.3) is 0 Å². The van der Waals surface area contributed by atoms with Crippen LogP contribution in [0.4, 0.5) is 30.2 Å². The number of hydrogen-bond donors (Lipinski definition) is 1. The third-order valence-corrected chi connectivity index (χ3v) is 4.27. The van der Waals surface area contributed by atoms with Crippen LogP contribution in [0.1, 0.15) is 25.3 Å². The van der Waals surface area contributed by atoms with Gasteiger partial charge in [-0.3, -0.25) is 25.0 Å². The highest BCUT2D eigenvalue weighted by Crippen LogP contribution is 2.44. The minimum absolute atomic E-state index is 0.135. The lowest BCUT2D eigenvalue weighted by Gasteiger charge is -2.33. The molecule has 0 aliphatic carbocycles. The Morgan fingerprint density at radius 3 is 2.26 bits per heavy atom. The van der Waals surface area contributed by atoms with Crippen molar-refractivity contribution in [2.75, 3.05) is 24.5 Å². The fourth-order valence-electron chi connectivity index (χ4n) is 3.09. The van der Waals surface area contributed by atoms with Crippen LogP contribution in [0.15, 0.2) is 12.1 Å². The maximum Gasteiger partial charge on any atom is 0.416 e. The van der Waals surface area contributed by atoms with Crippen molar-refractivity contribution < 1.29 is 27.8 Å². The first-order valence-electron chi connectivity index (χ1n) is 8.04. The van der Waals surface area contributed by atoms with Crippen LogP contribution in [-0.4, -0.2) is 35.4 Å². The summed E-state index contributed by atoms with van der Waals surface area (Å²) >= 11 is 0. The van der Waals surface area contributed by atoms with E-state index >= 15 is 0 Å². The van der Waals surface area contributed by atoms with E-state index in [9.17, 15) is 38.2 Å². The molecule has 0 bridgehead atoms. The third kappa shape index (κ3) is 4.83. The van der Waals surface area contributed by atoms with Gasteiger partial charge in [0.05, 0.1) is 15.4 Å². The standard InChI is InChI=1S/C15H17F3N4O5/c1-9(23)19-7-10-3-2-4-20(8-10)14-12(21(24)25)5-11(15(16,17)18)6-13(14)22(26)27/h5-6,10H,2-4,7-8H2,1H3,(H,19,23). The predicted molar refractivity (Wildman–Crippen MR) is 88.4 cm³/mol. The Labute approximate surface area is 151 Å². The van der Waals surface area contributed by atoms with Crippen molar-refractivity contribution in [2.45, 2.75) is 25.9 Å². The average molecular weight is 390 g/mol. The number of anilines is 1. The first-order valence-corrected chi connectivity index (χ1v) is 8.04. The predicted octanol–water partition coefficient (Wildman–Crippen LogP) is 2.87. The fourth-order valence-corrected chi connectivity index (χ4v) is 3.09. The molecule has 0 saturated carbocycles. The van der Waals surface area contributed by atoms with Crippen molar-refractivity contribution >= 4 is 23.0 Å². The Morgan fingerprint density at radius 1 is 1.26 bits per heavy atom. The van der Waals surface area contributed by atoms with Gasteiger partial charge < -0.3 is 10.2 Å². The molecule has 1 aromatic rings. The molecule has 2 rings (SSSR count). The van der Waals surface area contributed by atoms with E-state index in [1.165, 1.54) is 11.8 Å². The Morgan fingerprint density at radius 2 is 1.81 bits per heavy atom. The molecular formula is C15H17F3N4O5. The summed E-state index contributed by atoms with van der Waals surface area (Å²) in [5.74, 6) is -0.400. The summed E-state index contributed by atoms with van der Waals surface area (Å²) in [4.78, 5) is 33.0. The van der Waals surface area contributed by atoms with Gasteiger partial charge >= 0.3 is 6.18 Å². The minimum atomic E-state index is -4.95. The largest absolute Gasteiger partial charge is 0.416 e. The molecule has 1 unspecified atom stereocenters. The molecule has 1 heterocycles. The van der Waals surface area contributed by atoms with Crippen LogP contribution in [-0.2, 0) is 11.0 Å². The lowest BCUT2D eigenvalue weighted by Crippen LogP contribution is -2.41. The summed E-state index contributed by atoms with van der Waals surface area (Å²) in [7, 11) is 0. The summed E-state index contributed by atoms with van der Waals surface area (Å²) in [6, 6.07) is 0.638. The summed E-state index contributed by atoms with van der Waals surface area (Å²) in [6.45, 7) is 1.97. The molecule has 1 atom stereocenters. The van der Waals surface area contributed by atoms with E-state index in [4.69, 9.17) is 0 Å². The molecule has 0 aromatic heterocycles. The molecule has 12 heteroatoms. The van der Waals surface area contributed by atoms with Gasteiger partial charge in [-0.2, -0.15) is 13.2 Å². The number of benzene rings is 1. The monoisotopic (exact) mass is 390 g/mol. The van der Waals surface area contributed by atoms with Crippen molar-refractivity contribution in [2.24, 2.45) is 5.92 Å². The number of piperidine rings is 1. The van der Waals surface area contributed by atoms with E-state index in [-0.39, 0.29) is 31.5 Å². The average Bonchev–Trinajstić information content (AvgIpc) is 2.58. The first-order chi connectivity index (χ1) is 12.5. The van der Waals surface area contributed by atoms with Gasteiger partial charge in [-0.25, -0.2) is 0 Å². The van der Waals surface area contributed by atoms with Crippen molar-refractivity contribution in [1.82, 2.24) is 5.32 Å². The minimum Gasteiger partial charge on any atom is -0.360 e. The van der Waals surface area contributed by atoms with Crippen LogP contribution in [0, 0.1) is 26.1 Å². The Balaban J connectivity index is 2.49. The maximum absolute atomic E-state index is 13.0. The van der Waals surface area contributed by atoms with Gasteiger partial charge in [0.2, 0.25) is 5.91 Å². The van der Waals surface area contributed by atoms with Gasteiger partial charge in [0.25, 0.3) is 11.4 Å². The van der Waals surface area contributed by atoms with Crippen LogP contribution < -0.4 is 10.2 Å². The third-order valence-electron chi connectivity index (χ3n) is 4.27. The van der Waals surface area contributed by atoms with Gasteiger partial charge in [0.1, 0.15) is 0 Å². The van der Waals surface area contributed by atoms with Crippen molar-refractivity contribution in [3.63, 3.8) is 0 Å². The number of amides is 1. The van der Waals surface area contributed by atoms with Crippen LogP contribution in [0.3, 0.4) is 0 Å². The zero-order chi connectivity index (χ0) is 20.4. The highest BCUT2D eigenvalue weighted by atomic mass is 19.4. The van der Waals surface area contributed by atoms with E-state index in [1.54, 1.807) is 0 Å². The van der Waals surface area contributed by atoms with Crippen molar-refractivity contribution in [3.8, 4) is 0 Å². The molecule has 0 spiro atoms. The lowest BCUT2D eigenvalue weighted by atomic mass is 9.96. The van der Waals surface area contributed by atoms with E-state index < -0.39 is 38.6 Å². The first kappa shape index (κ1) is 20.4. The molecule has 1 N–H and O–H groups in total. The number of alkyl halides is 3. The number of halogens is 3. The molecule has 9 nitrogen and oxygen atoms in total. The molecule has 1 amide bonds. The van der Waals surface area contributed by atoms with Gasteiger partial charge in [-0.1, -0.05) is 0 Å². The summed E-state index contributed by atoms with van der Waals surface area (Å²) in [5, 5.41) is 25.3. The number of rotatable bonds is 5. The van der Waals surface area contributed by atoms with Gasteiger partial charge in [-0.05, 0) is 18.8 Å². The normalized spacial score (nSPS) is 17.5. The summed E-state index contributed by atoms with van der Waals surface area (Å²) in [5.41, 5.74) is -3.81. The topological polar surface area (TPSA) is 119 Å². The smallest absolute Gasteiger partial charge is 0.360 e. The zero-order valence-electron chi connectivity index (χ0n) is 14.3. The molecule has 27 heavy (non-hydrogen) atoms. The number of carbonyl (C=O) groups is 1. The Kier molecular flexibility index (Phi) is 5.86. The van der Waals surface area contributed by atoms with Crippen LogP contribution in [0.5, 0.6) is 0 Å². The molecule has 148 valence electrons. The summed E-state index contributed by atoms with van der Waals surface area (Å²) < 4.78 is 39.0. The molecule has 1 aliphatic rings. The quantitative estimate of drug-likeness (QED) is 0.610. The van der Waals surface area contributed by atoms with Crippen molar-refractivity contribution in [3.05, 3.63) is 37.9 Å². The molecule has 0 radical (unpaired) electrons. The molecule has 1 aliphatic heterocycles. The highest BCUT2D eigenvalue weighted by molar-refractivity contribution is 5.76. The maximum atomic E-state index is 13.0. The number of nitro groups is 2. The van der Waals surface area contributed by atoms with E-state index in [2.05, 4.69) is 5.32 Å². The number of nitrogens with one attached hydrogen (secondary N) is 1. The van der Waals surface area contributed by atoms with Crippen LogP contribution >= 0.6 is 0 Å². The van der Waals surface area contributed by atoms with E-state index in [0.29, 0.717) is 25.0 Å². The van der Waals surface area contributed by atoms with Gasteiger partial charge in [0, 0.05) is 38.7 Å². The highest BCUT2D eigenvalue weighted by Gasteiger charge is 2.40. The van der Waals surface area contributed by atoms with Crippen LogP contribution in [0.2, 0.25) is 0 Å². The van der Waals surface area contributed by atoms with Gasteiger partial charge in [0.15, 0.2) is 5.69 Å². The molecule has 1 saturated heterocycles. The van der Waals surface area contributed by atoms with E-state index in [1.807, 2.05) is 0 Å². The lowest BCUT2D eigenvalue weighted by molar-refractivity contribution is -0.393. The number of carbonyl (C=O) groups excluding carboxylic acids is 1. The fraction of sp³-hybridized carbons (Fsp3) is 0.533. The zero-order valence-corrected chi connectivity index (χ0v) is 14.3.